The molecule has 0 aliphatic rings. The Labute approximate surface area is 64.9 Å². The van der Waals surface area contributed by atoms with Crippen molar-refractivity contribution >= 4 is 0 Å². The first-order chi connectivity index (χ1) is 5.33. The molecule has 1 aromatic rings. The lowest BCUT2D eigenvalue weighted by atomic mass is 10.3. The molecule has 4 heteroatoms. The van der Waals surface area contributed by atoms with Gasteiger partial charge in [0.2, 0.25) is 0 Å². The molecular formula is C7H12N2O2. The van der Waals surface area contributed by atoms with Gasteiger partial charge in [0.15, 0.2) is 0 Å². The molecule has 0 saturated carbocycles. The van der Waals surface area contributed by atoms with Gasteiger partial charge in [0, 0.05) is 19.0 Å². The Kier molecular flexibility index (Phi) is 5.02. The number of aliphatic hydroxyl groups is 1. The van der Waals surface area contributed by atoms with Crippen LogP contribution in [0.3, 0.4) is 0 Å². The fourth-order valence-corrected chi connectivity index (χ4v) is 0.612. The molecule has 4 nitrogen and oxygen atoms in total. The molecule has 0 aliphatic heterocycles. The highest BCUT2D eigenvalue weighted by atomic mass is 16.2. The van der Waals surface area contributed by atoms with Crippen LogP contribution >= 0.6 is 0 Å². The number of nitrogens with zero attached hydrogens (tertiary/aromatic N) is 1. The molecule has 62 valence electrons. The molecule has 0 spiro atoms. The van der Waals surface area contributed by atoms with Gasteiger partial charge >= 0.3 is 5.69 Å². The first-order valence-electron chi connectivity index (χ1n) is 3.32. The second kappa shape index (κ2) is 5.61. The average Bonchev–Trinajstić information content (AvgIpc) is 2.08. The van der Waals surface area contributed by atoms with E-state index < -0.39 is 0 Å². The molecule has 0 fully saturated rings. The van der Waals surface area contributed by atoms with E-state index in [1.807, 2.05) is 6.92 Å². The van der Waals surface area contributed by atoms with Crippen LogP contribution in [0.5, 0.6) is 0 Å². The molecule has 0 bridgehead atoms. The zero-order valence-electron chi connectivity index (χ0n) is 6.66. The Morgan fingerprint density at radius 1 is 1.64 bits per heavy atom. The second-order valence-electron chi connectivity index (χ2n) is 1.75. The van der Waals surface area contributed by atoms with E-state index in [0.29, 0.717) is 0 Å². The number of H-pyrrole nitrogens is 1. The standard InChI is InChI=1S/C6H8N2O.CH4O/c1-2-5-3-4-7-6(9)8-5;1-2/h3-4H,2H2,1H3,(H,7,8,9);2H,1H3. The SMILES string of the molecule is CCc1ccnc(=O)[nH]1.CO. The van der Waals surface area contributed by atoms with E-state index in [1.54, 1.807) is 6.07 Å². The predicted octanol–water partition coefficient (Wildman–Crippen LogP) is -0.0592. The lowest BCUT2D eigenvalue weighted by Crippen LogP contribution is -2.10. The third kappa shape index (κ3) is 3.52. The van der Waals surface area contributed by atoms with Crippen LogP contribution in [-0.4, -0.2) is 22.2 Å². The largest absolute Gasteiger partial charge is 0.400 e. The Morgan fingerprint density at radius 2 is 2.27 bits per heavy atom. The lowest BCUT2D eigenvalue weighted by Gasteiger charge is -1.90. The third-order valence-electron chi connectivity index (χ3n) is 1.12. The summed E-state index contributed by atoms with van der Waals surface area (Å²) in [7, 11) is 1.00. The van der Waals surface area contributed by atoms with Gasteiger partial charge in [0.1, 0.15) is 0 Å². The quantitative estimate of drug-likeness (QED) is 0.598. The normalized spacial score (nSPS) is 8.27. The van der Waals surface area contributed by atoms with Gasteiger partial charge in [0.25, 0.3) is 0 Å². The number of rotatable bonds is 1. The fourth-order valence-electron chi connectivity index (χ4n) is 0.612. The van der Waals surface area contributed by atoms with Gasteiger partial charge in [0.05, 0.1) is 0 Å². The summed E-state index contributed by atoms with van der Waals surface area (Å²) in [6.07, 6.45) is 2.36. The maximum Gasteiger partial charge on any atom is 0.345 e. The smallest absolute Gasteiger partial charge is 0.345 e. The number of hydrogen-bond acceptors (Lipinski definition) is 3. The van der Waals surface area contributed by atoms with Crippen LogP contribution in [0.4, 0.5) is 0 Å². The minimum atomic E-state index is -0.269. The monoisotopic (exact) mass is 156 g/mol. The molecule has 0 amide bonds. The van der Waals surface area contributed by atoms with Gasteiger partial charge < -0.3 is 10.1 Å². The first-order valence-corrected chi connectivity index (χ1v) is 3.32. The highest BCUT2D eigenvalue weighted by molar-refractivity contribution is 4.96. The number of aromatic amines is 1. The molecule has 0 aromatic carbocycles. The number of aromatic nitrogens is 2. The van der Waals surface area contributed by atoms with Crippen molar-refractivity contribution in [2.24, 2.45) is 0 Å². The van der Waals surface area contributed by atoms with Crippen molar-refractivity contribution in [3.63, 3.8) is 0 Å². The molecule has 2 N–H and O–H groups in total. The van der Waals surface area contributed by atoms with E-state index in [1.165, 1.54) is 6.20 Å². The molecule has 1 aromatic heterocycles. The van der Waals surface area contributed by atoms with E-state index in [0.717, 1.165) is 19.2 Å². The summed E-state index contributed by atoms with van der Waals surface area (Å²) >= 11 is 0. The highest BCUT2D eigenvalue weighted by Crippen LogP contribution is 1.86. The fraction of sp³-hybridized carbons (Fsp3) is 0.429. The van der Waals surface area contributed by atoms with Crippen molar-refractivity contribution in [3.05, 3.63) is 28.4 Å². The minimum Gasteiger partial charge on any atom is -0.400 e. The molecular weight excluding hydrogens is 144 g/mol. The summed E-state index contributed by atoms with van der Waals surface area (Å²) in [5.41, 5.74) is 0.657. The Hall–Kier alpha value is -1.16. The van der Waals surface area contributed by atoms with Gasteiger partial charge in [-0.2, -0.15) is 0 Å². The maximum absolute atomic E-state index is 10.5. The van der Waals surface area contributed by atoms with Crippen LogP contribution in [0.1, 0.15) is 12.6 Å². The Bertz CT molecular complexity index is 244. The van der Waals surface area contributed by atoms with E-state index in [9.17, 15) is 4.79 Å². The van der Waals surface area contributed by atoms with Crippen molar-refractivity contribution in [1.82, 2.24) is 9.97 Å². The van der Waals surface area contributed by atoms with Crippen LogP contribution in [0.2, 0.25) is 0 Å². The zero-order valence-corrected chi connectivity index (χ0v) is 6.66. The van der Waals surface area contributed by atoms with Crippen LogP contribution in [-0.2, 0) is 6.42 Å². The van der Waals surface area contributed by atoms with Crippen LogP contribution in [0.15, 0.2) is 17.1 Å². The summed E-state index contributed by atoms with van der Waals surface area (Å²) < 4.78 is 0. The van der Waals surface area contributed by atoms with Crippen LogP contribution < -0.4 is 5.69 Å². The lowest BCUT2D eigenvalue weighted by molar-refractivity contribution is 0.399. The van der Waals surface area contributed by atoms with Crippen LogP contribution in [0, 0.1) is 0 Å². The molecule has 1 heterocycles. The summed E-state index contributed by atoms with van der Waals surface area (Å²) in [5, 5.41) is 7.00. The van der Waals surface area contributed by atoms with Crippen LogP contribution in [0.25, 0.3) is 0 Å². The summed E-state index contributed by atoms with van der Waals surface area (Å²) in [6, 6.07) is 1.79. The van der Waals surface area contributed by atoms with E-state index in [4.69, 9.17) is 5.11 Å². The average molecular weight is 156 g/mol. The number of nitrogens with one attached hydrogen (secondary N) is 1. The molecule has 11 heavy (non-hydrogen) atoms. The number of aryl methyl sites for hydroxylation is 1. The van der Waals surface area contributed by atoms with Gasteiger partial charge in [-0.25, -0.2) is 9.78 Å². The number of aliphatic hydroxyl groups excluding tert-OH is 1. The summed E-state index contributed by atoms with van der Waals surface area (Å²) in [6.45, 7) is 1.98. The molecule has 0 atom stereocenters. The van der Waals surface area contributed by atoms with Crippen molar-refractivity contribution in [2.75, 3.05) is 7.11 Å². The van der Waals surface area contributed by atoms with Gasteiger partial charge in [-0.1, -0.05) is 6.92 Å². The van der Waals surface area contributed by atoms with Crippen molar-refractivity contribution in [2.45, 2.75) is 13.3 Å². The Morgan fingerprint density at radius 3 is 2.64 bits per heavy atom. The molecule has 0 radical (unpaired) electrons. The van der Waals surface area contributed by atoms with Gasteiger partial charge in [-0.3, -0.25) is 0 Å². The summed E-state index contributed by atoms with van der Waals surface area (Å²) in [5.74, 6) is 0. The van der Waals surface area contributed by atoms with Crippen molar-refractivity contribution in [1.29, 1.82) is 0 Å². The Balaban J connectivity index is 0.000000461. The van der Waals surface area contributed by atoms with Crippen molar-refractivity contribution in [3.8, 4) is 0 Å². The number of hydrogen-bond donors (Lipinski definition) is 2. The maximum atomic E-state index is 10.5. The third-order valence-corrected chi connectivity index (χ3v) is 1.12. The topological polar surface area (TPSA) is 66.0 Å². The van der Waals surface area contributed by atoms with Crippen molar-refractivity contribution < 1.29 is 5.11 Å². The van der Waals surface area contributed by atoms with E-state index >= 15 is 0 Å². The molecule has 0 aliphatic carbocycles. The molecule has 1 rings (SSSR count). The van der Waals surface area contributed by atoms with E-state index in [-0.39, 0.29) is 5.69 Å². The van der Waals surface area contributed by atoms with Gasteiger partial charge in [-0.05, 0) is 12.5 Å². The first kappa shape index (κ1) is 9.84. The summed E-state index contributed by atoms with van der Waals surface area (Å²) in [4.78, 5) is 16.5. The molecule has 0 unspecified atom stereocenters. The zero-order chi connectivity index (χ0) is 8.69. The highest BCUT2D eigenvalue weighted by Gasteiger charge is 1.86. The predicted molar refractivity (Wildman–Crippen MR) is 42.4 cm³/mol. The van der Waals surface area contributed by atoms with Gasteiger partial charge in [-0.15, -0.1) is 0 Å². The minimum absolute atomic E-state index is 0.269. The molecule has 0 saturated heterocycles. The van der Waals surface area contributed by atoms with E-state index in [2.05, 4.69) is 9.97 Å². The second-order valence-corrected chi connectivity index (χ2v) is 1.75.